The van der Waals surface area contributed by atoms with Gasteiger partial charge in [0, 0.05) is 30.1 Å². The maximum absolute atomic E-state index is 13.3. The Kier molecular flexibility index (Phi) is 2.56. The van der Waals surface area contributed by atoms with Gasteiger partial charge in [-0.1, -0.05) is 24.2 Å². The van der Waals surface area contributed by atoms with Crippen LogP contribution < -0.4 is 9.47 Å². The van der Waals surface area contributed by atoms with Crippen LogP contribution in [0.4, 0.5) is 0 Å². The summed E-state index contributed by atoms with van der Waals surface area (Å²) in [6, 6.07) is 3.60. The molecule has 3 aliphatic heterocycles. The van der Waals surface area contributed by atoms with Gasteiger partial charge in [0.05, 0.1) is 18.1 Å². The van der Waals surface area contributed by atoms with E-state index in [1.165, 1.54) is 16.8 Å². The number of nitrogens with zero attached hydrogens (tertiary/aromatic N) is 2. The van der Waals surface area contributed by atoms with Gasteiger partial charge in [-0.15, -0.1) is 0 Å². The maximum atomic E-state index is 13.3. The van der Waals surface area contributed by atoms with Crippen molar-refractivity contribution in [2.45, 2.75) is 18.5 Å². The summed E-state index contributed by atoms with van der Waals surface area (Å²) in [4.78, 5) is 32.3. The van der Waals surface area contributed by atoms with Crippen LogP contribution in [0.1, 0.15) is 28.3 Å². The van der Waals surface area contributed by atoms with Crippen molar-refractivity contribution in [3.8, 4) is 11.5 Å². The molecule has 6 rings (SSSR count). The minimum absolute atomic E-state index is 0.0133. The van der Waals surface area contributed by atoms with Gasteiger partial charge in [-0.3, -0.25) is 9.59 Å². The highest BCUT2D eigenvalue weighted by Crippen LogP contribution is 2.44. The Morgan fingerprint density at radius 2 is 2.03 bits per heavy atom. The van der Waals surface area contributed by atoms with Crippen LogP contribution in [0, 0.1) is 0 Å². The van der Waals surface area contributed by atoms with Gasteiger partial charge in [-0.05, 0) is 29.3 Å². The summed E-state index contributed by atoms with van der Waals surface area (Å²) in [6.07, 6.45) is -0.0310. The largest absolute Gasteiger partial charge is 0.454 e. The summed E-state index contributed by atoms with van der Waals surface area (Å²) in [5.41, 5.74) is 2.00. The molecule has 1 N–H and O–H groups in total. The predicted molar refractivity (Wildman–Crippen MR) is 105 cm³/mol. The van der Waals surface area contributed by atoms with Gasteiger partial charge in [0.15, 0.2) is 11.5 Å². The molecule has 7 heteroatoms. The Morgan fingerprint density at radius 3 is 2.93 bits per heavy atom. The van der Waals surface area contributed by atoms with E-state index in [1.807, 2.05) is 24.3 Å². The average molecular weight is 393 g/mol. The lowest BCUT2D eigenvalue weighted by Crippen LogP contribution is -2.62. The highest BCUT2D eigenvalue weighted by molar-refractivity contribution is 5.97. The van der Waals surface area contributed by atoms with Crippen LogP contribution in [0.5, 0.6) is 11.5 Å². The van der Waals surface area contributed by atoms with Crippen LogP contribution in [0.15, 0.2) is 42.4 Å². The van der Waals surface area contributed by atoms with E-state index in [0.29, 0.717) is 11.3 Å². The summed E-state index contributed by atoms with van der Waals surface area (Å²) in [7, 11) is 1.49. The first-order chi connectivity index (χ1) is 15.7. The van der Waals surface area contributed by atoms with Crippen LogP contribution in [0.2, 0.25) is 0 Å². The number of nitrogens with one attached hydrogen (secondary N) is 1. The molecular formula is C22H19N3O4. The molecule has 2 amide bonds. The lowest BCUT2D eigenvalue weighted by atomic mass is 9.86. The highest BCUT2D eigenvalue weighted by Gasteiger charge is 2.47. The molecule has 4 heterocycles. The number of piperazine rings is 1. The van der Waals surface area contributed by atoms with E-state index in [0.717, 1.165) is 10.9 Å². The third kappa shape index (κ3) is 2.24. The molecule has 1 saturated heterocycles. The van der Waals surface area contributed by atoms with E-state index >= 15 is 0 Å². The molecule has 1 aromatic heterocycles. The van der Waals surface area contributed by atoms with Crippen molar-refractivity contribution in [3.63, 3.8) is 0 Å². The highest BCUT2D eigenvalue weighted by atomic mass is 16.7. The number of aromatic nitrogens is 1. The Hall–Kier alpha value is -3.48. The number of fused-ring (bicyclic) bond motifs is 5. The van der Waals surface area contributed by atoms with Crippen LogP contribution >= 0.6 is 0 Å². The maximum Gasteiger partial charge on any atom is 0.245 e. The van der Waals surface area contributed by atoms with Gasteiger partial charge in [0.25, 0.3) is 0 Å². The Balaban J connectivity index is 1.71. The smallest absolute Gasteiger partial charge is 0.245 e. The summed E-state index contributed by atoms with van der Waals surface area (Å²) in [5, 5.41) is 0.808. The van der Waals surface area contributed by atoms with Crippen LogP contribution in [0.25, 0.3) is 10.9 Å². The van der Waals surface area contributed by atoms with Crippen molar-refractivity contribution in [2.24, 2.45) is 0 Å². The molecule has 0 radical (unpaired) electrons. The lowest BCUT2D eigenvalue weighted by Gasteiger charge is -2.46. The van der Waals surface area contributed by atoms with Gasteiger partial charge < -0.3 is 24.3 Å². The molecule has 0 spiro atoms. The summed E-state index contributed by atoms with van der Waals surface area (Å²) in [6.45, 7) is -0.392. The van der Waals surface area contributed by atoms with E-state index in [1.54, 1.807) is 0 Å². The molecular weight excluding hydrogens is 370 g/mol. The van der Waals surface area contributed by atoms with Crippen molar-refractivity contribution in [3.05, 3.63) is 59.2 Å². The van der Waals surface area contributed by atoms with Crippen molar-refractivity contribution in [1.29, 1.82) is 0 Å². The van der Waals surface area contributed by atoms with E-state index in [9.17, 15) is 11.0 Å². The van der Waals surface area contributed by atoms with Crippen molar-refractivity contribution in [1.82, 2.24) is 14.8 Å². The molecule has 3 aromatic rings. The number of carbonyl (C=O) groups excluding carboxylic acids is 2. The quantitative estimate of drug-likeness (QED) is 0.688. The van der Waals surface area contributed by atoms with Crippen LogP contribution in [0.3, 0.4) is 0 Å². The number of para-hydroxylation sites is 1. The fourth-order valence-corrected chi connectivity index (χ4v) is 4.38. The number of hydrogen-bond acceptors (Lipinski definition) is 4. The molecule has 146 valence electrons. The monoisotopic (exact) mass is 393 g/mol. The number of likely N-dealkylation sites (N-methyl/N-ethyl adjacent to an activating group) is 1. The first-order valence-corrected chi connectivity index (χ1v) is 9.30. The molecule has 7 nitrogen and oxygen atoms in total. The fraction of sp³-hybridized carbons (Fsp3) is 0.273. The summed E-state index contributed by atoms with van der Waals surface area (Å²) >= 11 is 0. The van der Waals surface area contributed by atoms with E-state index in [2.05, 4.69) is 4.98 Å². The first kappa shape index (κ1) is 12.9. The number of amides is 2. The van der Waals surface area contributed by atoms with Gasteiger partial charge in [-0.25, -0.2) is 0 Å². The van der Waals surface area contributed by atoms with Crippen LogP contribution in [-0.2, 0) is 16.0 Å². The number of aromatic amines is 1. The van der Waals surface area contributed by atoms with Gasteiger partial charge in [0.2, 0.25) is 18.6 Å². The molecule has 0 bridgehead atoms. The standard InChI is InChI=1S/C22H19N3O4/c1-24-10-19(26)25-16(22(24)27)9-14-13-4-2-3-5-15(13)23-20(14)21(25)12-6-7-17-18(8-12)29-11-28-17/h2-8,16,21,23H,9-11H2,1H3/t16-,21?/m1/s1/i6D,7D,8D,16D. The van der Waals surface area contributed by atoms with E-state index < -0.39 is 23.9 Å². The molecule has 0 aliphatic carbocycles. The number of hydrogen-bond donors (Lipinski definition) is 1. The molecule has 2 atom stereocenters. The number of carbonyl (C=O) groups is 2. The van der Waals surface area contributed by atoms with Gasteiger partial charge >= 0.3 is 0 Å². The summed E-state index contributed by atoms with van der Waals surface area (Å²) < 4.78 is 45.8. The number of ether oxygens (including phenoxy) is 2. The Morgan fingerprint density at radius 1 is 1.21 bits per heavy atom. The first-order valence-electron chi connectivity index (χ1n) is 11.3. The average Bonchev–Trinajstić information content (AvgIpc) is 3.41. The number of benzene rings is 2. The Labute approximate surface area is 172 Å². The molecule has 3 aliphatic rings. The molecule has 2 aromatic carbocycles. The predicted octanol–water partition coefficient (Wildman–Crippen LogP) is 2.21. The number of H-pyrrole nitrogens is 1. The van der Waals surface area contributed by atoms with Crippen molar-refractivity contribution in [2.75, 3.05) is 20.4 Å². The lowest BCUT2D eigenvalue weighted by molar-refractivity contribution is -0.157. The topological polar surface area (TPSA) is 74.9 Å². The molecule has 1 fully saturated rings. The molecule has 0 saturated carbocycles. The second-order valence-electron chi connectivity index (χ2n) is 7.37. The zero-order chi connectivity index (χ0) is 23.2. The van der Waals surface area contributed by atoms with Gasteiger partial charge in [0.1, 0.15) is 6.02 Å². The second-order valence-corrected chi connectivity index (χ2v) is 7.37. The van der Waals surface area contributed by atoms with Crippen molar-refractivity contribution < 1.29 is 24.5 Å². The van der Waals surface area contributed by atoms with Crippen molar-refractivity contribution >= 4 is 22.7 Å². The SMILES string of the molecule is [2H]c1c([2H])c(C2c3[nH]c4ccccc4c3C[C@]3([2H])C(=O)N(C)CC(=O)N23)c([2H])c2c1OCO2. The third-order valence-electron chi connectivity index (χ3n) is 5.69. The normalized spacial score (nSPS) is 27.3. The Bertz CT molecular complexity index is 1390. The second kappa shape index (κ2) is 5.76. The third-order valence-corrected chi connectivity index (χ3v) is 5.69. The minimum atomic E-state index is -1.95. The zero-order valence-electron chi connectivity index (χ0n) is 19.5. The fourth-order valence-electron chi connectivity index (χ4n) is 4.38. The van der Waals surface area contributed by atoms with Crippen LogP contribution in [-0.4, -0.2) is 53.0 Å². The zero-order valence-corrected chi connectivity index (χ0v) is 15.5. The number of rotatable bonds is 1. The van der Waals surface area contributed by atoms with E-state index in [-0.39, 0.29) is 54.9 Å². The van der Waals surface area contributed by atoms with E-state index in [4.69, 9.17) is 13.6 Å². The minimum Gasteiger partial charge on any atom is -0.454 e. The summed E-state index contributed by atoms with van der Waals surface area (Å²) in [5.74, 6) is -0.964. The molecule has 1 unspecified atom stereocenters. The molecule has 29 heavy (non-hydrogen) atoms. The van der Waals surface area contributed by atoms with Gasteiger partial charge in [-0.2, -0.15) is 0 Å².